The molecule has 0 saturated carbocycles. The van der Waals surface area contributed by atoms with Gasteiger partial charge in [0.05, 0.1) is 10.5 Å². The number of nitrogens with one attached hydrogen (secondary N) is 1. The number of hydrogen-bond acceptors (Lipinski definition) is 4. The quantitative estimate of drug-likeness (QED) is 0.681. The molecule has 0 aliphatic carbocycles. The van der Waals surface area contributed by atoms with Crippen LogP contribution in [-0.4, -0.2) is 23.0 Å². The fraction of sp³-hybridized carbons (Fsp3) is 0.417. The molecule has 1 rings (SSSR count). The molecule has 0 heterocycles. The number of amides is 1. The zero-order valence-corrected chi connectivity index (χ0v) is 11.7. The summed E-state index contributed by atoms with van der Waals surface area (Å²) in [5.41, 5.74) is -0.228. The number of carbonyl (C=O) groups excluding carboxylic acids is 1. The van der Waals surface area contributed by atoms with Crippen LogP contribution < -0.4 is 5.32 Å². The SMILES string of the molecule is CC(C)(C)OCC(=O)Nc1ccc([N+](=O)[O-])c(Cl)c1. The first-order valence-corrected chi connectivity index (χ1v) is 5.94. The lowest BCUT2D eigenvalue weighted by Crippen LogP contribution is -2.27. The summed E-state index contributed by atoms with van der Waals surface area (Å²) in [5, 5.41) is 13.1. The maximum atomic E-state index is 11.6. The van der Waals surface area contributed by atoms with Gasteiger partial charge in [-0.15, -0.1) is 0 Å². The predicted octanol–water partition coefficient (Wildman–Crippen LogP) is 3.00. The first-order chi connectivity index (χ1) is 8.69. The van der Waals surface area contributed by atoms with Crippen molar-refractivity contribution in [3.05, 3.63) is 33.3 Å². The molecule has 0 radical (unpaired) electrons. The van der Waals surface area contributed by atoms with Gasteiger partial charge in [0.15, 0.2) is 0 Å². The second kappa shape index (κ2) is 5.99. The van der Waals surface area contributed by atoms with Crippen LogP contribution in [0.1, 0.15) is 20.8 Å². The van der Waals surface area contributed by atoms with E-state index in [1.54, 1.807) is 0 Å². The molecule has 0 fully saturated rings. The molecule has 1 N–H and O–H groups in total. The highest BCUT2D eigenvalue weighted by Crippen LogP contribution is 2.27. The Morgan fingerprint density at radius 3 is 2.58 bits per heavy atom. The Kier molecular flexibility index (Phi) is 4.85. The zero-order valence-electron chi connectivity index (χ0n) is 10.9. The van der Waals surface area contributed by atoms with E-state index < -0.39 is 10.5 Å². The van der Waals surface area contributed by atoms with Crippen LogP contribution in [0.3, 0.4) is 0 Å². The summed E-state index contributed by atoms with van der Waals surface area (Å²) in [6.45, 7) is 5.41. The van der Waals surface area contributed by atoms with Crippen molar-refractivity contribution in [1.29, 1.82) is 0 Å². The molecule has 7 heteroatoms. The molecule has 1 amide bonds. The summed E-state index contributed by atoms with van der Waals surface area (Å²) in [6, 6.07) is 3.98. The Balaban J connectivity index is 2.65. The van der Waals surface area contributed by atoms with Crippen molar-refractivity contribution in [2.24, 2.45) is 0 Å². The highest BCUT2D eigenvalue weighted by Gasteiger charge is 2.15. The average Bonchev–Trinajstić information content (AvgIpc) is 2.25. The maximum Gasteiger partial charge on any atom is 0.288 e. The molecule has 0 aliphatic rings. The number of hydrogen-bond donors (Lipinski definition) is 1. The van der Waals surface area contributed by atoms with E-state index in [1.165, 1.54) is 18.2 Å². The minimum Gasteiger partial charge on any atom is -0.366 e. The van der Waals surface area contributed by atoms with Crippen LogP contribution in [0.2, 0.25) is 5.02 Å². The predicted molar refractivity (Wildman–Crippen MR) is 72.4 cm³/mol. The number of nitro groups is 1. The van der Waals surface area contributed by atoms with Crippen molar-refractivity contribution >= 4 is 28.9 Å². The van der Waals surface area contributed by atoms with E-state index in [2.05, 4.69) is 5.32 Å². The highest BCUT2D eigenvalue weighted by atomic mass is 35.5. The molecule has 0 unspecified atom stereocenters. The molecule has 1 aromatic rings. The molecule has 0 bridgehead atoms. The van der Waals surface area contributed by atoms with E-state index in [9.17, 15) is 14.9 Å². The van der Waals surface area contributed by atoms with Crippen LogP contribution in [0, 0.1) is 10.1 Å². The summed E-state index contributed by atoms with van der Waals surface area (Å²) in [7, 11) is 0. The maximum absolute atomic E-state index is 11.6. The summed E-state index contributed by atoms with van der Waals surface area (Å²) in [6.07, 6.45) is 0. The Hall–Kier alpha value is -1.66. The second-order valence-electron chi connectivity index (χ2n) is 4.87. The lowest BCUT2D eigenvalue weighted by Gasteiger charge is -2.19. The molecular formula is C12H15ClN2O4. The number of anilines is 1. The van der Waals surface area contributed by atoms with Crippen LogP contribution >= 0.6 is 11.6 Å². The zero-order chi connectivity index (χ0) is 14.6. The standard InChI is InChI=1S/C12H15ClN2O4/c1-12(2,3)19-7-11(16)14-8-4-5-10(15(17)18)9(13)6-8/h4-6H,7H2,1-3H3,(H,14,16). The van der Waals surface area contributed by atoms with Gasteiger partial charge in [-0.05, 0) is 32.9 Å². The van der Waals surface area contributed by atoms with Crippen molar-refractivity contribution in [2.45, 2.75) is 26.4 Å². The molecule has 1 aromatic carbocycles. The van der Waals surface area contributed by atoms with Gasteiger partial charge in [0.1, 0.15) is 11.6 Å². The summed E-state index contributed by atoms with van der Waals surface area (Å²) in [5.74, 6) is -0.347. The average molecular weight is 287 g/mol. The number of nitrogens with zero attached hydrogens (tertiary/aromatic N) is 1. The fourth-order valence-electron chi connectivity index (χ4n) is 1.21. The van der Waals surface area contributed by atoms with Crippen LogP contribution in [-0.2, 0) is 9.53 Å². The van der Waals surface area contributed by atoms with Gasteiger partial charge in [0.2, 0.25) is 5.91 Å². The number of rotatable bonds is 4. The van der Waals surface area contributed by atoms with E-state index in [0.29, 0.717) is 5.69 Å². The largest absolute Gasteiger partial charge is 0.366 e. The first-order valence-electron chi connectivity index (χ1n) is 5.57. The monoisotopic (exact) mass is 286 g/mol. The summed E-state index contributed by atoms with van der Waals surface area (Å²) in [4.78, 5) is 21.6. The molecule has 19 heavy (non-hydrogen) atoms. The minimum absolute atomic E-state index is 0.0282. The minimum atomic E-state index is -0.587. The number of nitro benzene ring substituents is 1. The molecule has 0 saturated heterocycles. The van der Waals surface area contributed by atoms with Gasteiger partial charge in [0.25, 0.3) is 5.69 Å². The molecule has 0 spiro atoms. The van der Waals surface area contributed by atoms with Crippen molar-refractivity contribution in [3.8, 4) is 0 Å². The molecule has 0 aromatic heterocycles. The van der Waals surface area contributed by atoms with E-state index in [4.69, 9.17) is 16.3 Å². The Morgan fingerprint density at radius 2 is 2.11 bits per heavy atom. The first kappa shape index (κ1) is 15.4. The van der Waals surface area contributed by atoms with Gasteiger partial charge < -0.3 is 10.1 Å². The molecule has 0 atom stereocenters. The van der Waals surface area contributed by atoms with Crippen molar-refractivity contribution < 1.29 is 14.5 Å². The lowest BCUT2D eigenvalue weighted by molar-refractivity contribution is -0.384. The summed E-state index contributed by atoms with van der Waals surface area (Å²) >= 11 is 5.73. The molecule has 104 valence electrons. The van der Waals surface area contributed by atoms with Crippen molar-refractivity contribution in [3.63, 3.8) is 0 Å². The van der Waals surface area contributed by atoms with Crippen LogP contribution in [0.25, 0.3) is 0 Å². The van der Waals surface area contributed by atoms with E-state index >= 15 is 0 Å². The molecule has 0 aliphatic heterocycles. The Labute approximate surface area is 115 Å². The van der Waals surface area contributed by atoms with Gasteiger partial charge in [-0.1, -0.05) is 11.6 Å². The van der Waals surface area contributed by atoms with E-state index in [-0.39, 0.29) is 23.2 Å². The third kappa shape index (κ3) is 5.23. The number of benzene rings is 1. The molecular weight excluding hydrogens is 272 g/mol. The van der Waals surface area contributed by atoms with Crippen LogP contribution in [0.15, 0.2) is 18.2 Å². The highest BCUT2D eigenvalue weighted by molar-refractivity contribution is 6.33. The van der Waals surface area contributed by atoms with Gasteiger partial charge in [0, 0.05) is 11.8 Å². The third-order valence-electron chi connectivity index (χ3n) is 2.06. The number of halogens is 1. The normalized spacial score (nSPS) is 11.2. The van der Waals surface area contributed by atoms with Crippen molar-refractivity contribution in [2.75, 3.05) is 11.9 Å². The van der Waals surface area contributed by atoms with Gasteiger partial charge >= 0.3 is 0 Å². The van der Waals surface area contributed by atoms with Crippen LogP contribution in [0.4, 0.5) is 11.4 Å². The molecule has 6 nitrogen and oxygen atoms in total. The smallest absolute Gasteiger partial charge is 0.288 e. The van der Waals surface area contributed by atoms with Gasteiger partial charge in [-0.25, -0.2) is 0 Å². The van der Waals surface area contributed by atoms with Gasteiger partial charge in [-0.3, -0.25) is 14.9 Å². The third-order valence-corrected chi connectivity index (χ3v) is 2.37. The van der Waals surface area contributed by atoms with Crippen molar-refractivity contribution in [1.82, 2.24) is 0 Å². The number of carbonyl (C=O) groups is 1. The van der Waals surface area contributed by atoms with Gasteiger partial charge in [-0.2, -0.15) is 0 Å². The van der Waals surface area contributed by atoms with E-state index in [1.807, 2.05) is 20.8 Å². The fourth-order valence-corrected chi connectivity index (χ4v) is 1.46. The Morgan fingerprint density at radius 1 is 1.47 bits per heavy atom. The lowest BCUT2D eigenvalue weighted by atomic mass is 10.2. The Bertz CT molecular complexity index is 497. The second-order valence-corrected chi connectivity index (χ2v) is 5.28. The summed E-state index contributed by atoms with van der Waals surface area (Å²) < 4.78 is 5.30. The van der Waals surface area contributed by atoms with Crippen LogP contribution in [0.5, 0.6) is 0 Å². The van der Waals surface area contributed by atoms with E-state index in [0.717, 1.165) is 0 Å². The topological polar surface area (TPSA) is 81.5 Å². The number of ether oxygens (including phenoxy) is 1.